The monoisotopic (exact) mass is 333 g/mol. The molecule has 2 nitrogen and oxygen atoms in total. The molecule has 0 heterocycles. The van der Waals surface area contributed by atoms with Crippen molar-refractivity contribution in [2.75, 3.05) is 0 Å². The number of nitrogens with two attached hydrogens (primary N) is 1. The van der Waals surface area contributed by atoms with E-state index in [1.807, 2.05) is 19.1 Å². The molecule has 0 bridgehead atoms. The van der Waals surface area contributed by atoms with Gasteiger partial charge >= 0.3 is 6.18 Å². The molecule has 1 aliphatic rings. The number of aliphatic hydroxyl groups is 1. The van der Waals surface area contributed by atoms with Gasteiger partial charge in [-0.05, 0) is 23.6 Å². The van der Waals surface area contributed by atoms with Crippen LogP contribution in [0.15, 0.2) is 54.2 Å². The summed E-state index contributed by atoms with van der Waals surface area (Å²) < 4.78 is 39.2. The van der Waals surface area contributed by atoms with E-state index in [9.17, 15) is 18.3 Å². The van der Waals surface area contributed by atoms with Crippen molar-refractivity contribution in [3.63, 3.8) is 0 Å². The van der Waals surface area contributed by atoms with Gasteiger partial charge in [-0.2, -0.15) is 13.2 Å². The summed E-state index contributed by atoms with van der Waals surface area (Å²) in [5.74, 6) is -0.534. The van der Waals surface area contributed by atoms with Gasteiger partial charge in [0, 0.05) is 17.4 Å². The molecule has 1 aliphatic carbocycles. The third-order valence-electron chi connectivity index (χ3n) is 4.64. The molecule has 0 aromatic heterocycles. The van der Waals surface area contributed by atoms with Crippen LogP contribution in [0.5, 0.6) is 0 Å². The van der Waals surface area contributed by atoms with E-state index in [0.29, 0.717) is 23.2 Å². The molecule has 0 fully saturated rings. The van der Waals surface area contributed by atoms with Crippen LogP contribution in [0.3, 0.4) is 0 Å². The Kier molecular flexibility index (Phi) is 4.03. The molecular weight excluding hydrogens is 315 g/mol. The second-order valence-electron chi connectivity index (χ2n) is 6.01. The quantitative estimate of drug-likeness (QED) is 0.807. The molecule has 24 heavy (non-hydrogen) atoms. The molecule has 5 heteroatoms. The van der Waals surface area contributed by atoms with E-state index in [1.54, 1.807) is 18.2 Å². The number of halogens is 3. The van der Waals surface area contributed by atoms with Gasteiger partial charge in [-0.25, -0.2) is 0 Å². The highest BCUT2D eigenvalue weighted by Gasteiger charge is 2.36. The predicted molar refractivity (Wildman–Crippen MR) is 87.2 cm³/mol. The third kappa shape index (κ3) is 2.64. The van der Waals surface area contributed by atoms with Crippen molar-refractivity contribution in [1.82, 2.24) is 0 Å². The highest BCUT2D eigenvalue weighted by Crippen LogP contribution is 2.45. The number of benzene rings is 2. The Morgan fingerprint density at radius 2 is 1.79 bits per heavy atom. The maximum absolute atomic E-state index is 13.1. The van der Waals surface area contributed by atoms with E-state index in [-0.39, 0.29) is 17.6 Å². The molecule has 126 valence electrons. The standard InChI is InChI=1S/C19H18F3NO/c1-2-13-16(11-6-5-7-12(10-11)19(20,21)22)14-8-3-4-9-15(14)18(24)17(13)23/h3-10,13,16,24H,2,23H2,1H3. The van der Waals surface area contributed by atoms with Gasteiger partial charge in [0.15, 0.2) is 0 Å². The first-order chi connectivity index (χ1) is 11.3. The second kappa shape index (κ2) is 5.89. The average molecular weight is 333 g/mol. The van der Waals surface area contributed by atoms with Crippen molar-refractivity contribution >= 4 is 5.76 Å². The fourth-order valence-corrected chi connectivity index (χ4v) is 3.49. The molecule has 0 saturated carbocycles. The number of rotatable bonds is 2. The largest absolute Gasteiger partial charge is 0.505 e. The highest BCUT2D eigenvalue weighted by molar-refractivity contribution is 5.69. The Labute approximate surface area is 138 Å². The normalized spacial score (nSPS) is 20.8. The summed E-state index contributed by atoms with van der Waals surface area (Å²) in [7, 11) is 0. The van der Waals surface area contributed by atoms with E-state index in [2.05, 4.69) is 0 Å². The van der Waals surface area contributed by atoms with Crippen molar-refractivity contribution in [2.45, 2.75) is 25.4 Å². The van der Waals surface area contributed by atoms with E-state index < -0.39 is 11.7 Å². The smallest absolute Gasteiger partial charge is 0.416 e. The van der Waals surface area contributed by atoms with Crippen molar-refractivity contribution in [3.8, 4) is 0 Å². The van der Waals surface area contributed by atoms with Crippen LogP contribution < -0.4 is 5.73 Å². The van der Waals surface area contributed by atoms with Crippen LogP contribution in [0, 0.1) is 5.92 Å². The van der Waals surface area contributed by atoms with Gasteiger partial charge in [-0.15, -0.1) is 0 Å². The molecule has 3 rings (SSSR count). The van der Waals surface area contributed by atoms with Gasteiger partial charge in [0.2, 0.25) is 0 Å². The lowest BCUT2D eigenvalue weighted by Gasteiger charge is -2.34. The Balaban J connectivity index is 2.19. The number of hydrogen-bond donors (Lipinski definition) is 2. The SMILES string of the molecule is CCC1C(N)=C(O)c2ccccc2C1c1cccc(C(F)(F)F)c1. The average Bonchev–Trinajstić information content (AvgIpc) is 2.57. The first-order valence-corrected chi connectivity index (χ1v) is 7.79. The molecule has 0 spiro atoms. The van der Waals surface area contributed by atoms with Crippen molar-refractivity contribution in [3.05, 3.63) is 76.5 Å². The van der Waals surface area contributed by atoms with E-state index in [4.69, 9.17) is 5.73 Å². The minimum absolute atomic E-state index is 0.0284. The van der Waals surface area contributed by atoms with Crippen LogP contribution in [-0.4, -0.2) is 5.11 Å². The molecule has 0 aliphatic heterocycles. The zero-order valence-electron chi connectivity index (χ0n) is 13.1. The zero-order chi connectivity index (χ0) is 17.5. The summed E-state index contributed by atoms with van der Waals surface area (Å²) in [6, 6.07) is 12.5. The van der Waals surface area contributed by atoms with Crippen LogP contribution in [-0.2, 0) is 6.18 Å². The van der Waals surface area contributed by atoms with Crippen LogP contribution in [0.25, 0.3) is 5.76 Å². The van der Waals surface area contributed by atoms with Gasteiger partial charge in [-0.3, -0.25) is 0 Å². The predicted octanol–water partition coefficient (Wildman–Crippen LogP) is 5.06. The lowest BCUT2D eigenvalue weighted by atomic mass is 9.72. The topological polar surface area (TPSA) is 46.2 Å². The first kappa shape index (κ1) is 16.4. The number of fused-ring (bicyclic) bond motifs is 1. The van der Waals surface area contributed by atoms with Crippen LogP contribution in [0.2, 0.25) is 0 Å². The third-order valence-corrected chi connectivity index (χ3v) is 4.64. The molecule has 2 unspecified atom stereocenters. The summed E-state index contributed by atoms with van der Waals surface area (Å²) in [6.45, 7) is 1.92. The first-order valence-electron chi connectivity index (χ1n) is 7.79. The summed E-state index contributed by atoms with van der Waals surface area (Å²) in [6.07, 6.45) is -3.78. The fraction of sp³-hybridized carbons (Fsp3) is 0.263. The Morgan fingerprint density at radius 1 is 1.08 bits per heavy atom. The second-order valence-corrected chi connectivity index (χ2v) is 6.01. The summed E-state index contributed by atoms with van der Waals surface area (Å²) in [4.78, 5) is 0. The number of aliphatic hydroxyl groups excluding tert-OH is 1. The van der Waals surface area contributed by atoms with Gasteiger partial charge < -0.3 is 10.8 Å². The Hall–Kier alpha value is -2.43. The van der Waals surface area contributed by atoms with E-state index in [1.165, 1.54) is 12.1 Å². The Bertz CT molecular complexity index is 795. The molecule has 0 saturated heterocycles. The fourth-order valence-electron chi connectivity index (χ4n) is 3.49. The number of hydrogen-bond acceptors (Lipinski definition) is 2. The van der Waals surface area contributed by atoms with Crippen LogP contribution in [0.4, 0.5) is 13.2 Å². The minimum Gasteiger partial charge on any atom is -0.505 e. The molecule has 2 aromatic rings. The molecule has 3 N–H and O–H groups in total. The van der Waals surface area contributed by atoms with Crippen molar-refractivity contribution in [2.24, 2.45) is 11.7 Å². The molecule has 0 radical (unpaired) electrons. The molecule has 2 atom stereocenters. The lowest BCUT2D eigenvalue weighted by molar-refractivity contribution is -0.137. The maximum atomic E-state index is 13.1. The van der Waals surface area contributed by atoms with Crippen LogP contribution in [0.1, 0.15) is 41.5 Å². The van der Waals surface area contributed by atoms with Gasteiger partial charge in [0.25, 0.3) is 0 Å². The summed E-state index contributed by atoms with van der Waals surface area (Å²) in [5.41, 5.74) is 7.70. The van der Waals surface area contributed by atoms with Gasteiger partial charge in [-0.1, -0.05) is 49.4 Å². The molecule has 2 aromatic carbocycles. The highest BCUT2D eigenvalue weighted by atomic mass is 19.4. The molecule has 0 amide bonds. The maximum Gasteiger partial charge on any atom is 0.416 e. The Morgan fingerprint density at radius 3 is 2.46 bits per heavy atom. The van der Waals surface area contributed by atoms with Gasteiger partial charge in [0.05, 0.1) is 11.3 Å². The van der Waals surface area contributed by atoms with Crippen molar-refractivity contribution in [1.29, 1.82) is 0 Å². The number of alkyl halides is 3. The van der Waals surface area contributed by atoms with Gasteiger partial charge in [0.1, 0.15) is 5.76 Å². The van der Waals surface area contributed by atoms with Crippen molar-refractivity contribution < 1.29 is 18.3 Å². The number of allylic oxidation sites excluding steroid dienone is 1. The molecular formula is C19H18F3NO. The van der Waals surface area contributed by atoms with Crippen LogP contribution >= 0.6 is 0 Å². The lowest BCUT2D eigenvalue weighted by Crippen LogP contribution is -2.27. The zero-order valence-corrected chi connectivity index (χ0v) is 13.1. The summed E-state index contributed by atoms with van der Waals surface area (Å²) >= 11 is 0. The van der Waals surface area contributed by atoms with E-state index >= 15 is 0 Å². The van der Waals surface area contributed by atoms with E-state index in [0.717, 1.165) is 11.6 Å². The summed E-state index contributed by atoms with van der Waals surface area (Å²) in [5, 5.41) is 10.4. The minimum atomic E-state index is -4.39.